The number of nitrogens with zero attached hydrogens (tertiary/aromatic N) is 2. The molecule has 0 aliphatic heterocycles. The summed E-state index contributed by atoms with van der Waals surface area (Å²) in [6.45, 7) is 0. The normalized spacial score (nSPS) is 11.6. The summed E-state index contributed by atoms with van der Waals surface area (Å²) < 4.78 is 13.1. The highest BCUT2D eigenvalue weighted by Gasteiger charge is 2.20. The van der Waals surface area contributed by atoms with Gasteiger partial charge in [0.15, 0.2) is 5.58 Å². The summed E-state index contributed by atoms with van der Waals surface area (Å²) in [5.74, 6) is 0.578. The zero-order chi connectivity index (χ0) is 36.3. The molecule has 0 fully saturated rings. The molecule has 258 valence electrons. The molecule has 0 spiro atoms. The Kier molecular flexibility index (Phi) is 7.14. The molecule has 2 aromatic heterocycles. The first-order chi connectivity index (χ1) is 27.2. The van der Waals surface area contributed by atoms with E-state index in [1.807, 2.05) is 30.3 Å². The van der Waals surface area contributed by atoms with Crippen molar-refractivity contribution in [3.8, 4) is 33.7 Å². The molecular formula is C51H32N2O2. The van der Waals surface area contributed by atoms with Crippen molar-refractivity contribution < 1.29 is 8.83 Å². The van der Waals surface area contributed by atoms with Crippen molar-refractivity contribution in [1.82, 2.24) is 4.98 Å². The van der Waals surface area contributed by atoms with Crippen LogP contribution in [0, 0.1) is 0 Å². The number of anilines is 3. The van der Waals surface area contributed by atoms with Gasteiger partial charge in [0.1, 0.15) is 16.7 Å². The van der Waals surface area contributed by atoms with Crippen LogP contribution in [0.4, 0.5) is 17.1 Å². The first-order valence-corrected chi connectivity index (χ1v) is 18.5. The SMILES string of the molecule is c1ccc(-c2cccc(N(c3ccc(-c4cccc5ccccc45)cc3)c3ccc4c(c3)oc3cccc(-c5nc6c(ccc7ccccc76)o5)c34)c2)cc1. The second kappa shape index (κ2) is 12.6. The van der Waals surface area contributed by atoms with E-state index in [9.17, 15) is 0 Å². The fourth-order valence-corrected chi connectivity index (χ4v) is 8.08. The van der Waals surface area contributed by atoms with Crippen LogP contribution in [0.1, 0.15) is 0 Å². The van der Waals surface area contributed by atoms with Crippen LogP contribution >= 0.6 is 0 Å². The second-order valence-corrected chi connectivity index (χ2v) is 13.9. The van der Waals surface area contributed by atoms with Crippen LogP contribution < -0.4 is 4.90 Å². The number of benzene rings is 9. The van der Waals surface area contributed by atoms with E-state index in [2.05, 4.69) is 169 Å². The van der Waals surface area contributed by atoms with E-state index in [1.165, 1.54) is 27.5 Å². The second-order valence-electron chi connectivity index (χ2n) is 13.9. The van der Waals surface area contributed by atoms with Crippen molar-refractivity contribution in [2.45, 2.75) is 0 Å². The lowest BCUT2D eigenvalue weighted by molar-refractivity contribution is 0.620. The predicted molar refractivity (Wildman–Crippen MR) is 227 cm³/mol. The van der Waals surface area contributed by atoms with Crippen LogP contribution in [0.25, 0.3) is 88.3 Å². The number of oxazole rings is 1. The van der Waals surface area contributed by atoms with E-state index < -0.39 is 0 Å². The number of furan rings is 1. The Morgan fingerprint density at radius 3 is 1.91 bits per heavy atom. The number of aromatic nitrogens is 1. The molecule has 11 aromatic rings. The highest BCUT2D eigenvalue weighted by Crippen LogP contribution is 2.43. The lowest BCUT2D eigenvalue weighted by atomic mass is 9.98. The van der Waals surface area contributed by atoms with Gasteiger partial charge >= 0.3 is 0 Å². The van der Waals surface area contributed by atoms with Crippen molar-refractivity contribution in [2.75, 3.05) is 4.90 Å². The van der Waals surface area contributed by atoms with Crippen molar-refractivity contribution >= 4 is 71.6 Å². The fraction of sp³-hybridized carbons (Fsp3) is 0. The van der Waals surface area contributed by atoms with Gasteiger partial charge in [0, 0.05) is 44.9 Å². The molecule has 0 bridgehead atoms. The van der Waals surface area contributed by atoms with Crippen LogP contribution in [-0.2, 0) is 0 Å². The van der Waals surface area contributed by atoms with Gasteiger partial charge < -0.3 is 13.7 Å². The lowest BCUT2D eigenvalue weighted by Crippen LogP contribution is -2.10. The Morgan fingerprint density at radius 2 is 1.04 bits per heavy atom. The number of rotatable bonds is 6. The third-order valence-electron chi connectivity index (χ3n) is 10.7. The highest BCUT2D eigenvalue weighted by molar-refractivity contribution is 6.13. The van der Waals surface area contributed by atoms with E-state index >= 15 is 0 Å². The summed E-state index contributed by atoms with van der Waals surface area (Å²) in [5, 5.41) is 6.67. The van der Waals surface area contributed by atoms with Gasteiger partial charge in [0.25, 0.3) is 0 Å². The molecule has 0 N–H and O–H groups in total. The van der Waals surface area contributed by atoms with Crippen molar-refractivity contribution in [3.05, 3.63) is 194 Å². The maximum absolute atomic E-state index is 6.64. The Bertz CT molecular complexity index is 3210. The molecule has 0 saturated carbocycles. The van der Waals surface area contributed by atoms with Gasteiger partial charge in [-0.25, -0.2) is 4.98 Å². The molecule has 9 aromatic carbocycles. The Morgan fingerprint density at radius 1 is 0.364 bits per heavy atom. The molecule has 55 heavy (non-hydrogen) atoms. The summed E-state index contributed by atoms with van der Waals surface area (Å²) in [6.07, 6.45) is 0. The van der Waals surface area contributed by atoms with Crippen molar-refractivity contribution in [3.63, 3.8) is 0 Å². The number of hydrogen-bond donors (Lipinski definition) is 0. The summed E-state index contributed by atoms with van der Waals surface area (Å²) in [6, 6.07) is 68.1. The van der Waals surface area contributed by atoms with E-state index in [4.69, 9.17) is 13.8 Å². The Labute approximate surface area is 317 Å². The lowest BCUT2D eigenvalue weighted by Gasteiger charge is -2.26. The van der Waals surface area contributed by atoms with Crippen LogP contribution in [0.2, 0.25) is 0 Å². The van der Waals surface area contributed by atoms with Gasteiger partial charge in [-0.2, -0.15) is 0 Å². The molecule has 0 unspecified atom stereocenters. The van der Waals surface area contributed by atoms with Gasteiger partial charge in [-0.3, -0.25) is 0 Å². The molecule has 2 heterocycles. The average molecular weight is 705 g/mol. The van der Waals surface area contributed by atoms with Crippen LogP contribution in [-0.4, -0.2) is 4.98 Å². The average Bonchev–Trinajstić information content (AvgIpc) is 3.86. The molecular weight excluding hydrogens is 673 g/mol. The standard InChI is InChI=1S/C51H32N2O2/c1-2-11-33(12-3-1)37-16-8-17-39(31-37)53(38-26-23-36(24-27-38)42-20-9-15-34-13-4-6-18-41(34)42)40-28-29-44-48(32-40)54-46-22-10-21-45(49(44)46)51-52-50-43-19-7-5-14-35(43)25-30-47(50)55-51/h1-32H. The molecule has 4 nitrogen and oxygen atoms in total. The maximum atomic E-state index is 6.64. The van der Waals surface area contributed by atoms with Crippen molar-refractivity contribution in [2.24, 2.45) is 0 Å². The molecule has 0 atom stereocenters. The molecule has 11 rings (SSSR count). The minimum Gasteiger partial charge on any atom is -0.456 e. The van der Waals surface area contributed by atoms with E-state index in [0.29, 0.717) is 5.89 Å². The molecule has 0 saturated heterocycles. The summed E-state index contributed by atoms with van der Waals surface area (Å²) >= 11 is 0. The quantitative estimate of drug-likeness (QED) is 0.173. The minimum atomic E-state index is 0.578. The number of hydrogen-bond acceptors (Lipinski definition) is 4. The van der Waals surface area contributed by atoms with Crippen LogP contribution in [0.15, 0.2) is 203 Å². The van der Waals surface area contributed by atoms with Gasteiger partial charge in [-0.05, 0) is 93.0 Å². The van der Waals surface area contributed by atoms with E-state index in [-0.39, 0.29) is 0 Å². The van der Waals surface area contributed by atoms with Gasteiger partial charge in [-0.1, -0.05) is 133 Å². The molecule has 0 amide bonds. The van der Waals surface area contributed by atoms with Crippen LogP contribution in [0.3, 0.4) is 0 Å². The first-order valence-electron chi connectivity index (χ1n) is 18.5. The minimum absolute atomic E-state index is 0.578. The van der Waals surface area contributed by atoms with E-state index in [1.54, 1.807) is 0 Å². The monoisotopic (exact) mass is 704 g/mol. The topological polar surface area (TPSA) is 42.4 Å². The third kappa shape index (κ3) is 5.26. The fourth-order valence-electron chi connectivity index (χ4n) is 8.08. The smallest absolute Gasteiger partial charge is 0.228 e. The largest absolute Gasteiger partial charge is 0.456 e. The number of fused-ring (bicyclic) bond motifs is 7. The molecule has 0 aliphatic carbocycles. The van der Waals surface area contributed by atoms with Crippen molar-refractivity contribution in [1.29, 1.82) is 0 Å². The molecule has 0 aliphatic rings. The van der Waals surface area contributed by atoms with E-state index in [0.717, 1.165) is 72.0 Å². The van der Waals surface area contributed by atoms with Gasteiger partial charge in [0.2, 0.25) is 5.89 Å². The Balaban J connectivity index is 1.05. The zero-order valence-electron chi connectivity index (χ0n) is 29.7. The molecule has 4 heteroatoms. The van der Waals surface area contributed by atoms with Crippen LogP contribution in [0.5, 0.6) is 0 Å². The van der Waals surface area contributed by atoms with Gasteiger partial charge in [-0.15, -0.1) is 0 Å². The predicted octanol–water partition coefficient (Wildman–Crippen LogP) is 14.5. The third-order valence-corrected chi connectivity index (χ3v) is 10.7. The molecule has 0 radical (unpaired) electrons. The van der Waals surface area contributed by atoms with Gasteiger partial charge in [0.05, 0.1) is 0 Å². The maximum Gasteiger partial charge on any atom is 0.228 e. The summed E-state index contributed by atoms with van der Waals surface area (Å²) in [5.41, 5.74) is 11.9. The summed E-state index contributed by atoms with van der Waals surface area (Å²) in [7, 11) is 0. The zero-order valence-corrected chi connectivity index (χ0v) is 29.7. The highest BCUT2D eigenvalue weighted by atomic mass is 16.3. The summed E-state index contributed by atoms with van der Waals surface area (Å²) in [4.78, 5) is 7.34. The Hall–Kier alpha value is -7.43. The first kappa shape index (κ1) is 31.1.